The van der Waals surface area contributed by atoms with Crippen LogP contribution in [0.1, 0.15) is 19.3 Å². The Morgan fingerprint density at radius 1 is 1.47 bits per heavy atom. The minimum absolute atomic E-state index is 0.173. The van der Waals surface area contributed by atoms with Crippen molar-refractivity contribution in [3.8, 4) is 0 Å². The maximum absolute atomic E-state index is 11.1. The predicted octanol–water partition coefficient (Wildman–Crippen LogP) is 1.07. The topological polar surface area (TPSA) is 41.6 Å². The Labute approximate surface area is 91.0 Å². The fourth-order valence-electron chi connectivity index (χ4n) is 2.59. The number of nitrogens with one attached hydrogen (secondary N) is 1. The van der Waals surface area contributed by atoms with E-state index < -0.39 is 0 Å². The maximum atomic E-state index is 11.1. The summed E-state index contributed by atoms with van der Waals surface area (Å²) in [7, 11) is 1.45. The van der Waals surface area contributed by atoms with Crippen LogP contribution in [0.5, 0.6) is 0 Å². The van der Waals surface area contributed by atoms with E-state index in [1.54, 1.807) is 4.90 Å². The molecular formula is C11H20N2O2. The van der Waals surface area contributed by atoms with Gasteiger partial charge in [0.2, 0.25) is 0 Å². The van der Waals surface area contributed by atoms with Crippen LogP contribution in [0, 0.1) is 11.8 Å². The number of hydrogen-bond donors (Lipinski definition) is 1. The van der Waals surface area contributed by atoms with Gasteiger partial charge in [-0.25, -0.2) is 4.79 Å². The van der Waals surface area contributed by atoms with Gasteiger partial charge >= 0.3 is 6.09 Å². The zero-order valence-corrected chi connectivity index (χ0v) is 9.37. The van der Waals surface area contributed by atoms with Gasteiger partial charge in [0.15, 0.2) is 0 Å². The number of rotatable bonds is 2. The molecule has 0 bridgehead atoms. The van der Waals surface area contributed by atoms with Crippen molar-refractivity contribution in [1.82, 2.24) is 10.2 Å². The van der Waals surface area contributed by atoms with Crippen molar-refractivity contribution < 1.29 is 9.53 Å². The van der Waals surface area contributed by atoms with Crippen LogP contribution in [0.4, 0.5) is 4.79 Å². The Kier molecular flexibility index (Phi) is 3.46. The third-order valence-corrected chi connectivity index (χ3v) is 3.46. The third-order valence-electron chi connectivity index (χ3n) is 3.46. The summed E-state index contributed by atoms with van der Waals surface area (Å²) >= 11 is 0. The van der Waals surface area contributed by atoms with E-state index in [-0.39, 0.29) is 6.09 Å². The summed E-state index contributed by atoms with van der Waals surface area (Å²) in [5.41, 5.74) is 0. The van der Waals surface area contributed by atoms with Crippen molar-refractivity contribution in [3.05, 3.63) is 0 Å². The van der Waals surface area contributed by atoms with Gasteiger partial charge in [-0.3, -0.25) is 0 Å². The highest BCUT2D eigenvalue weighted by Crippen LogP contribution is 2.26. The highest BCUT2D eigenvalue weighted by molar-refractivity contribution is 5.68. The highest BCUT2D eigenvalue weighted by Gasteiger charge is 2.32. The molecule has 1 N–H and O–H groups in total. The first-order chi connectivity index (χ1) is 7.29. The smallest absolute Gasteiger partial charge is 0.409 e. The molecule has 4 nitrogen and oxygen atoms in total. The lowest BCUT2D eigenvalue weighted by molar-refractivity contribution is 0.0567. The average Bonchev–Trinajstić information content (AvgIpc) is 2.23. The number of amides is 1. The fourth-order valence-corrected chi connectivity index (χ4v) is 2.59. The van der Waals surface area contributed by atoms with Gasteiger partial charge in [-0.1, -0.05) is 0 Å². The number of hydrogen-bond acceptors (Lipinski definition) is 3. The Hall–Kier alpha value is -0.770. The van der Waals surface area contributed by atoms with Gasteiger partial charge in [0.25, 0.3) is 0 Å². The summed E-state index contributed by atoms with van der Waals surface area (Å²) in [6, 6.07) is 0. The molecule has 1 amide bonds. The van der Waals surface area contributed by atoms with E-state index in [1.807, 2.05) is 0 Å². The number of carbonyl (C=O) groups excluding carboxylic acids is 1. The molecule has 4 heteroatoms. The molecule has 0 aromatic carbocycles. The van der Waals surface area contributed by atoms with Crippen LogP contribution in [0.25, 0.3) is 0 Å². The Morgan fingerprint density at radius 2 is 2.27 bits per heavy atom. The van der Waals surface area contributed by atoms with Crippen molar-refractivity contribution in [1.29, 1.82) is 0 Å². The Morgan fingerprint density at radius 3 is 2.87 bits per heavy atom. The summed E-state index contributed by atoms with van der Waals surface area (Å²) in [6.45, 7) is 4.12. The molecule has 1 atom stereocenters. The maximum Gasteiger partial charge on any atom is 0.409 e. The molecule has 2 rings (SSSR count). The van der Waals surface area contributed by atoms with Gasteiger partial charge < -0.3 is 15.0 Å². The third kappa shape index (κ3) is 2.62. The lowest BCUT2D eigenvalue weighted by atomic mass is 9.85. The average molecular weight is 212 g/mol. The van der Waals surface area contributed by atoms with Crippen molar-refractivity contribution >= 4 is 6.09 Å². The minimum Gasteiger partial charge on any atom is -0.453 e. The monoisotopic (exact) mass is 212 g/mol. The molecule has 0 aromatic heterocycles. The van der Waals surface area contributed by atoms with Gasteiger partial charge in [-0.2, -0.15) is 0 Å². The van der Waals surface area contributed by atoms with Crippen LogP contribution in [0.3, 0.4) is 0 Å². The van der Waals surface area contributed by atoms with Crippen LogP contribution < -0.4 is 5.32 Å². The van der Waals surface area contributed by atoms with Crippen molar-refractivity contribution in [3.63, 3.8) is 0 Å². The van der Waals surface area contributed by atoms with Crippen LogP contribution >= 0.6 is 0 Å². The van der Waals surface area contributed by atoms with E-state index in [4.69, 9.17) is 0 Å². The second kappa shape index (κ2) is 4.84. The molecule has 86 valence electrons. The van der Waals surface area contributed by atoms with E-state index in [0.29, 0.717) is 5.92 Å². The van der Waals surface area contributed by atoms with E-state index in [9.17, 15) is 4.79 Å². The Bertz CT molecular complexity index is 221. The molecule has 2 heterocycles. The zero-order chi connectivity index (χ0) is 10.7. The molecular weight excluding hydrogens is 192 g/mol. The van der Waals surface area contributed by atoms with Gasteiger partial charge in [0.1, 0.15) is 0 Å². The fraction of sp³-hybridized carbons (Fsp3) is 0.909. The standard InChI is InChI=1S/C11H20N2O2/c1-15-11(14)13-7-10(8-13)5-9-3-2-4-12-6-9/h9-10,12H,2-8H2,1H3. The van der Waals surface area contributed by atoms with E-state index in [2.05, 4.69) is 10.1 Å². The van der Waals surface area contributed by atoms with E-state index >= 15 is 0 Å². The molecule has 0 spiro atoms. The second-order valence-electron chi connectivity index (χ2n) is 4.69. The lowest BCUT2D eigenvalue weighted by Crippen LogP contribution is -2.51. The molecule has 0 aromatic rings. The lowest BCUT2D eigenvalue weighted by Gasteiger charge is -2.40. The van der Waals surface area contributed by atoms with Gasteiger partial charge in [0, 0.05) is 13.1 Å². The zero-order valence-electron chi connectivity index (χ0n) is 9.37. The predicted molar refractivity (Wildman–Crippen MR) is 57.7 cm³/mol. The number of methoxy groups -OCH3 is 1. The summed E-state index contributed by atoms with van der Waals surface area (Å²) in [4.78, 5) is 12.9. The first-order valence-electron chi connectivity index (χ1n) is 5.83. The van der Waals surface area contributed by atoms with Gasteiger partial charge in [-0.15, -0.1) is 0 Å². The number of ether oxygens (including phenoxy) is 1. The Balaban J connectivity index is 1.64. The molecule has 2 fully saturated rings. The quantitative estimate of drug-likeness (QED) is 0.744. The molecule has 0 aliphatic carbocycles. The summed E-state index contributed by atoms with van der Waals surface area (Å²) in [5.74, 6) is 1.53. The van der Waals surface area contributed by atoms with Crippen molar-refractivity contribution in [2.75, 3.05) is 33.3 Å². The molecule has 15 heavy (non-hydrogen) atoms. The number of nitrogens with zero attached hydrogens (tertiary/aromatic N) is 1. The summed E-state index contributed by atoms with van der Waals surface area (Å²) in [5, 5.41) is 3.43. The number of piperidine rings is 1. The van der Waals surface area contributed by atoms with Gasteiger partial charge in [0.05, 0.1) is 7.11 Å². The highest BCUT2D eigenvalue weighted by atomic mass is 16.5. The molecule has 2 saturated heterocycles. The molecule has 1 unspecified atom stereocenters. The van der Waals surface area contributed by atoms with E-state index in [1.165, 1.54) is 32.9 Å². The van der Waals surface area contributed by atoms with Crippen molar-refractivity contribution in [2.45, 2.75) is 19.3 Å². The molecule has 2 aliphatic rings. The van der Waals surface area contributed by atoms with Crippen LogP contribution in [0.15, 0.2) is 0 Å². The summed E-state index contributed by atoms with van der Waals surface area (Å²) in [6.07, 6.45) is 3.74. The van der Waals surface area contributed by atoms with Crippen LogP contribution in [-0.4, -0.2) is 44.3 Å². The van der Waals surface area contributed by atoms with Crippen molar-refractivity contribution in [2.24, 2.45) is 11.8 Å². The van der Waals surface area contributed by atoms with Crippen LogP contribution in [0.2, 0.25) is 0 Å². The minimum atomic E-state index is -0.173. The van der Waals surface area contributed by atoms with E-state index in [0.717, 1.165) is 25.6 Å². The molecule has 2 aliphatic heterocycles. The normalized spacial score (nSPS) is 27.3. The molecule has 0 saturated carbocycles. The SMILES string of the molecule is COC(=O)N1CC(CC2CCCNC2)C1. The van der Waals surface area contributed by atoms with Gasteiger partial charge in [-0.05, 0) is 44.2 Å². The second-order valence-corrected chi connectivity index (χ2v) is 4.69. The van der Waals surface area contributed by atoms with Crippen LogP contribution in [-0.2, 0) is 4.74 Å². The summed E-state index contributed by atoms with van der Waals surface area (Å²) < 4.78 is 4.67. The molecule has 0 radical (unpaired) electrons. The number of carbonyl (C=O) groups is 1. The largest absolute Gasteiger partial charge is 0.453 e. The first-order valence-corrected chi connectivity index (χ1v) is 5.83. The first kappa shape index (κ1) is 10.7. The number of likely N-dealkylation sites (tertiary alicyclic amines) is 1.